The third-order valence-corrected chi connectivity index (χ3v) is 3.92. The Hall–Kier alpha value is -2.51. The zero-order chi connectivity index (χ0) is 14.9. The molecular weight excluding hydrogens is 288 g/mol. The predicted octanol–water partition coefficient (Wildman–Crippen LogP) is 1.79. The second kappa shape index (κ2) is 5.12. The monoisotopic (exact) mass is 300 g/mol. The van der Waals surface area contributed by atoms with E-state index in [1.165, 1.54) is 12.1 Å². The lowest BCUT2D eigenvalue weighted by Crippen LogP contribution is -2.11. The van der Waals surface area contributed by atoms with Gasteiger partial charge < -0.3 is 0 Å². The molecule has 0 atom stereocenters. The van der Waals surface area contributed by atoms with E-state index in [0.29, 0.717) is 11.3 Å². The molecule has 21 heavy (non-hydrogen) atoms. The lowest BCUT2D eigenvalue weighted by molar-refractivity contribution is 0.598. The largest absolute Gasteiger partial charge is 0.277 e. The van der Waals surface area contributed by atoms with Crippen LogP contribution in [0, 0.1) is 0 Å². The van der Waals surface area contributed by atoms with Gasteiger partial charge in [-0.2, -0.15) is 5.10 Å². The summed E-state index contributed by atoms with van der Waals surface area (Å²) in [5.41, 5.74) is 3.02. The SMILES string of the molecule is NS(=O)(=O)c1cccc(-c2cc(-c3cccnc3)n[nH]2)c1. The third-order valence-electron chi connectivity index (χ3n) is 3.01. The number of rotatable bonds is 3. The normalized spacial score (nSPS) is 11.5. The predicted molar refractivity (Wildman–Crippen MR) is 78.6 cm³/mol. The van der Waals surface area contributed by atoms with Crippen LogP contribution < -0.4 is 5.14 Å². The minimum atomic E-state index is -3.72. The van der Waals surface area contributed by atoms with Gasteiger partial charge in [0.05, 0.1) is 16.3 Å². The van der Waals surface area contributed by atoms with E-state index in [2.05, 4.69) is 15.2 Å². The van der Waals surface area contributed by atoms with Crippen molar-refractivity contribution in [1.82, 2.24) is 15.2 Å². The number of benzene rings is 1. The van der Waals surface area contributed by atoms with Crippen LogP contribution in [0.3, 0.4) is 0 Å². The van der Waals surface area contributed by atoms with Crippen molar-refractivity contribution < 1.29 is 8.42 Å². The van der Waals surface area contributed by atoms with Crippen molar-refractivity contribution in [3.05, 3.63) is 54.9 Å². The number of hydrogen-bond acceptors (Lipinski definition) is 4. The summed E-state index contributed by atoms with van der Waals surface area (Å²) in [6.07, 6.45) is 3.40. The lowest BCUT2D eigenvalue weighted by Gasteiger charge is -2.01. The van der Waals surface area contributed by atoms with Crippen molar-refractivity contribution in [2.75, 3.05) is 0 Å². The Kier molecular flexibility index (Phi) is 3.28. The van der Waals surface area contributed by atoms with Crippen LogP contribution in [0.2, 0.25) is 0 Å². The highest BCUT2D eigenvalue weighted by molar-refractivity contribution is 7.89. The van der Waals surface area contributed by atoms with Gasteiger partial charge in [0.25, 0.3) is 0 Å². The summed E-state index contributed by atoms with van der Waals surface area (Å²) in [6, 6.07) is 11.9. The van der Waals surface area contributed by atoms with E-state index in [1.807, 2.05) is 18.2 Å². The maximum absolute atomic E-state index is 11.4. The fourth-order valence-electron chi connectivity index (χ4n) is 1.97. The molecule has 0 unspecified atom stereocenters. The van der Waals surface area contributed by atoms with Gasteiger partial charge in [0.15, 0.2) is 0 Å². The molecule has 0 fully saturated rings. The summed E-state index contributed by atoms with van der Waals surface area (Å²) in [7, 11) is -3.72. The van der Waals surface area contributed by atoms with Crippen LogP contribution in [-0.2, 0) is 10.0 Å². The van der Waals surface area contributed by atoms with Gasteiger partial charge in [-0.1, -0.05) is 12.1 Å². The molecule has 106 valence electrons. The molecule has 0 amide bonds. The minimum Gasteiger partial charge on any atom is -0.277 e. The topological polar surface area (TPSA) is 102 Å². The highest BCUT2D eigenvalue weighted by Crippen LogP contribution is 2.24. The summed E-state index contributed by atoms with van der Waals surface area (Å²) in [6.45, 7) is 0. The first-order valence-corrected chi connectivity index (χ1v) is 7.68. The molecule has 3 N–H and O–H groups in total. The zero-order valence-electron chi connectivity index (χ0n) is 10.9. The maximum Gasteiger partial charge on any atom is 0.238 e. The van der Waals surface area contributed by atoms with Gasteiger partial charge in [-0.05, 0) is 30.3 Å². The standard InChI is InChI=1S/C14H12N4O2S/c15-21(19,20)12-5-1-3-10(7-12)13-8-14(18-17-13)11-4-2-6-16-9-11/h1-9H,(H,17,18)(H2,15,19,20). The van der Waals surface area contributed by atoms with Crippen LogP contribution in [-0.4, -0.2) is 23.6 Å². The Morgan fingerprint density at radius 3 is 2.57 bits per heavy atom. The first-order chi connectivity index (χ1) is 10.0. The molecule has 0 saturated heterocycles. The van der Waals surface area contributed by atoms with Gasteiger partial charge in [0.2, 0.25) is 10.0 Å². The summed E-state index contributed by atoms with van der Waals surface area (Å²) >= 11 is 0. The Morgan fingerprint density at radius 1 is 1.05 bits per heavy atom. The smallest absolute Gasteiger partial charge is 0.238 e. The quantitative estimate of drug-likeness (QED) is 0.769. The van der Waals surface area contributed by atoms with E-state index < -0.39 is 10.0 Å². The maximum atomic E-state index is 11.4. The third kappa shape index (κ3) is 2.83. The number of nitrogens with zero attached hydrogens (tertiary/aromatic N) is 2. The van der Waals surface area contributed by atoms with Gasteiger partial charge >= 0.3 is 0 Å². The van der Waals surface area contributed by atoms with Crippen molar-refractivity contribution in [3.63, 3.8) is 0 Å². The van der Waals surface area contributed by atoms with Crippen molar-refractivity contribution in [3.8, 4) is 22.5 Å². The van der Waals surface area contributed by atoms with Gasteiger partial charge in [-0.3, -0.25) is 10.1 Å². The molecule has 0 bridgehead atoms. The zero-order valence-corrected chi connectivity index (χ0v) is 11.7. The second-order valence-corrected chi connectivity index (χ2v) is 6.04. The van der Waals surface area contributed by atoms with Crippen molar-refractivity contribution in [2.45, 2.75) is 4.90 Å². The first kappa shape index (κ1) is 13.5. The van der Waals surface area contributed by atoms with Crippen molar-refractivity contribution in [2.24, 2.45) is 5.14 Å². The average Bonchev–Trinajstić information content (AvgIpc) is 2.97. The summed E-state index contributed by atoms with van der Waals surface area (Å²) < 4.78 is 22.8. The van der Waals surface area contributed by atoms with Crippen LogP contribution >= 0.6 is 0 Å². The van der Waals surface area contributed by atoms with Crippen LogP contribution in [0.15, 0.2) is 59.8 Å². The highest BCUT2D eigenvalue weighted by atomic mass is 32.2. The molecule has 2 aromatic heterocycles. The van der Waals surface area contributed by atoms with E-state index in [9.17, 15) is 8.42 Å². The molecule has 3 aromatic rings. The molecule has 0 saturated carbocycles. The van der Waals surface area contributed by atoms with Gasteiger partial charge in [0, 0.05) is 23.5 Å². The van der Waals surface area contributed by atoms with Crippen LogP contribution in [0.4, 0.5) is 0 Å². The molecular formula is C14H12N4O2S. The van der Waals surface area contributed by atoms with Gasteiger partial charge in [-0.25, -0.2) is 13.6 Å². The van der Waals surface area contributed by atoms with Crippen molar-refractivity contribution in [1.29, 1.82) is 0 Å². The van der Waals surface area contributed by atoms with E-state index >= 15 is 0 Å². The average molecular weight is 300 g/mol. The van der Waals surface area contributed by atoms with Gasteiger partial charge in [0.1, 0.15) is 0 Å². The Balaban J connectivity index is 2.01. The Labute approximate surface area is 121 Å². The van der Waals surface area contributed by atoms with Crippen LogP contribution in [0.5, 0.6) is 0 Å². The van der Waals surface area contributed by atoms with Crippen molar-refractivity contribution >= 4 is 10.0 Å². The summed E-state index contributed by atoms with van der Waals surface area (Å²) in [4.78, 5) is 4.11. The molecule has 0 radical (unpaired) electrons. The first-order valence-electron chi connectivity index (χ1n) is 6.13. The molecule has 1 aromatic carbocycles. The van der Waals surface area contributed by atoms with Gasteiger partial charge in [-0.15, -0.1) is 0 Å². The number of pyridine rings is 1. The fraction of sp³-hybridized carbons (Fsp3) is 0. The van der Waals surface area contributed by atoms with E-state index in [0.717, 1.165) is 11.3 Å². The number of aromatic amines is 1. The number of primary sulfonamides is 1. The molecule has 0 spiro atoms. The highest BCUT2D eigenvalue weighted by Gasteiger charge is 2.11. The molecule has 0 aliphatic heterocycles. The van der Waals surface area contributed by atoms with E-state index in [-0.39, 0.29) is 4.90 Å². The number of H-pyrrole nitrogens is 1. The molecule has 7 heteroatoms. The number of hydrogen-bond donors (Lipinski definition) is 2. The molecule has 0 aliphatic carbocycles. The summed E-state index contributed by atoms with van der Waals surface area (Å²) in [5.74, 6) is 0. The number of nitrogens with one attached hydrogen (secondary N) is 1. The molecule has 6 nitrogen and oxygen atoms in total. The lowest BCUT2D eigenvalue weighted by atomic mass is 10.1. The molecule has 3 rings (SSSR count). The van der Waals surface area contributed by atoms with Crippen LogP contribution in [0.1, 0.15) is 0 Å². The Bertz CT molecular complexity index is 873. The number of nitrogens with two attached hydrogens (primary N) is 1. The second-order valence-electron chi connectivity index (χ2n) is 4.48. The molecule has 2 heterocycles. The van der Waals surface area contributed by atoms with Crippen LogP contribution in [0.25, 0.3) is 22.5 Å². The fourth-order valence-corrected chi connectivity index (χ4v) is 2.53. The minimum absolute atomic E-state index is 0.0672. The van der Waals surface area contributed by atoms with E-state index in [1.54, 1.807) is 24.5 Å². The number of aromatic nitrogens is 3. The molecule has 0 aliphatic rings. The number of sulfonamides is 1. The Morgan fingerprint density at radius 2 is 1.86 bits per heavy atom. The summed E-state index contributed by atoms with van der Waals surface area (Å²) in [5, 5.41) is 12.2. The van der Waals surface area contributed by atoms with E-state index in [4.69, 9.17) is 5.14 Å².